The van der Waals surface area contributed by atoms with Gasteiger partial charge in [0.25, 0.3) is 5.91 Å². The SMILES string of the molecule is CCc1ccc(-c2ccc(C(=O)N3CCCC(N(C)CC(=O)O)CC3)o2)cc1. The summed E-state index contributed by atoms with van der Waals surface area (Å²) >= 11 is 0. The Bertz CT molecular complexity index is 812. The van der Waals surface area contributed by atoms with Gasteiger partial charge < -0.3 is 14.4 Å². The van der Waals surface area contributed by atoms with Crippen molar-refractivity contribution in [2.45, 2.75) is 38.6 Å². The number of likely N-dealkylation sites (N-methyl/N-ethyl adjacent to an activating group) is 1. The second kappa shape index (κ2) is 9.06. The lowest BCUT2D eigenvalue weighted by molar-refractivity contribution is -0.138. The molecule has 1 aliphatic heterocycles. The molecule has 1 aliphatic rings. The molecule has 28 heavy (non-hydrogen) atoms. The van der Waals surface area contributed by atoms with Crippen LogP contribution in [0.4, 0.5) is 0 Å². The first-order valence-electron chi connectivity index (χ1n) is 9.88. The number of carboxylic acid groups (broad SMARTS) is 1. The van der Waals surface area contributed by atoms with Gasteiger partial charge in [-0.1, -0.05) is 31.2 Å². The summed E-state index contributed by atoms with van der Waals surface area (Å²) < 4.78 is 5.85. The molecule has 0 radical (unpaired) electrons. The molecule has 0 aliphatic carbocycles. The lowest BCUT2D eigenvalue weighted by Gasteiger charge is -2.25. The summed E-state index contributed by atoms with van der Waals surface area (Å²) in [6.45, 7) is 3.41. The number of aryl methyl sites for hydroxylation is 1. The molecule has 1 amide bonds. The van der Waals surface area contributed by atoms with E-state index in [4.69, 9.17) is 9.52 Å². The van der Waals surface area contributed by atoms with Crippen molar-refractivity contribution in [3.63, 3.8) is 0 Å². The number of carbonyl (C=O) groups is 2. The van der Waals surface area contributed by atoms with Crippen LogP contribution in [0.1, 0.15) is 42.3 Å². The molecule has 1 fully saturated rings. The largest absolute Gasteiger partial charge is 0.480 e. The van der Waals surface area contributed by atoms with Crippen molar-refractivity contribution in [2.24, 2.45) is 0 Å². The summed E-state index contributed by atoms with van der Waals surface area (Å²) in [4.78, 5) is 27.5. The molecule has 150 valence electrons. The predicted molar refractivity (Wildman–Crippen MR) is 107 cm³/mol. The number of rotatable bonds is 6. The number of furan rings is 1. The Morgan fingerprint density at radius 1 is 1.14 bits per heavy atom. The number of hydrogen-bond donors (Lipinski definition) is 1. The lowest BCUT2D eigenvalue weighted by atomic mass is 10.1. The third-order valence-electron chi connectivity index (χ3n) is 5.46. The first-order valence-corrected chi connectivity index (χ1v) is 9.88. The number of amides is 1. The normalized spacial score (nSPS) is 17.5. The molecule has 1 atom stereocenters. The first kappa shape index (κ1) is 20.1. The third kappa shape index (κ3) is 4.81. The second-order valence-electron chi connectivity index (χ2n) is 7.40. The Kier molecular flexibility index (Phi) is 6.52. The summed E-state index contributed by atoms with van der Waals surface area (Å²) in [5.74, 6) is 0.125. The van der Waals surface area contributed by atoms with Crippen LogP contribution in [0.2, 0.25) is 0 Å². The van der Waals surface area contributed by atoms with E-state index in [-0.39, 0.29) is 18.5 Å². The van der Waals surface area contributed by atoms with E-state index >= 15 is 0 Å². The molecular weight excluding hydrogens is 356 g/mol. The van der Waals surface area contributed by atoms with Gasteiger partial charge in [0.05, 0.1) is 6.54 Å². The summed E-state index contributed by atoms with van der Waals surface area (Å²) in [7, 11) is 1.83. The molecule has 3 rings (SSSR count). The van der Waals surface area contributed by atoms with Crippen LogP contribution in [-0.4, -0.2) is 59.5 Å². The molecule has 1 saturated heterocycles. The Labute approximate surface area is 165 Å². The topological polar surface area (TPSA) is 74.0 Å². The van der Waals surface area contributed by atoms with Crippen molar-refractivity contribution in [1.82, 2.24) is 9.80 Å². The summed E-state index contributed by atoms with van der Waals surface area (Å²) in [6.07, 6.45) is 3.49. The fourth-order valence-electron chi connectivity index (χ4n) is 3.73. The third-order valence-corrected chi connectivity index (χ3v) is 5.46. The number of likely N-dealkylation sites (tertiary alicyclic amines) is 1. The highest BCUT2D eigenvalue weighted by Crippen LogP contribution is 2.24. The minimum absolute atomic E-state index is 0.0248. The standard InChI is InChI=1S/C22H28N2O4/c1-3-16-6-8-17(9-7-16)19-10-11-20(28-19)22(27)24-13-4-5-18(12-14-24)23(2)15-21(25)26/h6-11,18H,3-5,12-15H2,1-2H3,(H,25,26). The molecule has 1 aromatic heterocycles. The van der Waals surface area contributed by atoms with Gasteiger partial charge in [-0.15, -0.1) is 0 Å². The number of carbonyl (C=O) groups excluding carboxylic acids is 1. The number of aliphatic carboxylic acids is 1. The number of nitrogens with zero attached hydrogens (tertiary/aromatic N) is 2. The molecule has 1 unspecified atom stereocenters. The summed E-state index contributed by atoms with van der Waals surface area (Å²) in [5.41, 5.74) is 2.22. The van der Waals surface area contributed by atoms with Crippen molar-refractivity contribution in [1.29, 1.82) is 0 Å². The molecule has 0 saturated carbocycles. The van der Waals surface area contributed by atoms with Gasteiger partial charge in [0, 0.05) is 24.7 Å². The lowest BCUT2D eigenvalue weighted by Crippen LogP contribution is -2.37. The minimum Gasteiger partial charge on any atom is -0.480 e. The monoisotopic (exact) mass is 384 g/mol. The van der Waals surface area contributed by atoms with Crippen LogP contribution in [0.15, 0.2) is 40.8 Å². The Morgan fingerprint density at radius 3 is 2.57 bits per heavy atom. The molecular formula is C22H28N2O4. The second-order valence-corrected chi connectivity index (χ2v) is 7.40. The molecule has 2 aromatic rings. The number of carboxylic acids is 1. The van der Waals surface area contributed by atoms with Gasteiger partial charge >= 0.3 is 5.97 Å². The van der Waals surface area contributed by atoms with Crippen LogP contribution in [-0.2, 0) is 11.2 Å². The molecule has 1 N–H and O–H groups in total. The van der Waals surface area contributed by atoms with Crippen molar-refractivity contribution in [3.05, 3.63) is 47.7 Å². The van der Waals surface area contributed by atoms with E-state index < -0.39 is 5.97 Å². The smallest absolute Gasteiger partial charge is 0.317 e. The highest BCUT2D eigenvalue weighted by atomic mass is 16.4. The van der Waals surface area contributed by atoms with Crippen molar-refractivity contribution < 1.29 is 19.1 Å². The zero-order chi connectivity index (χ0) is 20.1. The zero-order valence-corrected chi connectivity index (χ0v) is 16.6. The average Bonchev–Trinajstić information content (AvgIpc) is 3.04. The minimum atomic E-state index is -0.824. The predicted octanol–water partition coefficient (Wildman–Crippen LogP) is 3.52. The van der Waals surface area contributed by atoms with Crippen LogP contribution in [0.25, 0.3) is 11.3 Å². The molecule has 0 bridgehead atoms. The van der Waals surface area contributed by atoms with E-state index in [1.807, 2.05) is 35.0 Å². The van der Waals surface area contributed by atoms with E-state index in [9.17, 15) is 9.59 Å². The molecule has 0 spiro atoms. The highest BCUT2D eigenvalue weighted by Gasteiger charge is 2.26. The van der Waals surface area contributed by atoms with E-state index in [1.54, 1.807) is 6.07 Å². The van der Waals surface area contributed by atoms with Gasteiger partial charge in [0.2, 0.25) is 0 Å². The Balaban J connectivity index is 1.64. The van der Waals surface area contributed by atoms with Gasteiger partial charge in [0.15, 0.2) is 5.76 Å². The zero-order valence-electron chi connectivity index (χ0n) is 16.6. The first-order chi connectivity index (χ1) is 13.5. The summed E-state index contributed by atoms with van der Waals surface area (Å²) in [6, 6.07) is 11.9. The fourth-order valence-corrected chi connectivity index (χ4v) is 3.73. The number of hydrogen-bond acceptors (Lipinski definition) is 4. The van der Waals surface area contributed by atoms with E-state index in [0.717, 1.165) is 31.2 Å². The van der Waals surface area contributed by atoms with Gasteiger partial charge in [-0.25, -0.2) is 0 Å². The fraction of sp³-hybridized carbons (Fsp3) is 0.455. The van der Waals surface area contributed by atoms with Crippen LogP contribution < -0.4 is 0 Å². The van der Waals surface area contributed by atoms with Crippen molar-refractivity contribution in [3.8, 4) is 11.3 Å². The van der Waals surface area contributed by atoms with Crippen LogP contribution in [0.5, 0.6) is 0 Å². The van der Waals surface area contributed by atoms with Gasteiger partial charge in [0.1, 0.15) is 5.76 Å². The van der Waals surface area contributed by atoms with Crippen LogP contribution in [0.3, 0.4) is 0 Å². The molecule has 1 aromatic carbocycles. The Morgan fingerprint density at radius 2 is 1.89 bits per heavy atom. The maximum absolute atomic E-state index is 12.9. The number of benzene rings is 1. The average molecular weight is 384 g/mol. The van der Waals surface area contributed by atoms with Crippen molar-refractivity contribution in [2.75, 3.05) is 26.7 Å². The highest BCUT2D eigenvalue weighted by molar-refractivity contribution is 5.92. The van der Waals surface area contributed by atoms with Gasteiger partial charge in [-0.2, -0.15) is 0 Å². The molecule has 2 heterocycles. The summed E-state index contributed by atoms with van der Waals surface area (Å²) in [5, 5.41) is 8.98. The van der Waals surface area contributed by atoms with Crippen LogP contribution >= 0.6 is 0 Å². The quantitative estimate of drug-likeness (QED) is 0.825. The van der Waals surface area contributed by atoms with Gasteiger partial charge in [-0.05, 0) is 50.4 Å². The van der Waals surface area contributed by atoms with E-state index in [0.29, 0.717) is 24.6 Å². The van der Waals surface area contributed by atoms with E-state index in [2.05, 4.69) is 19.1 Å². The van der Waals surface area contributed by atoms with Crippen LogP contribution in [0, 0.1) is 0 Å². The van der Waals surface area contributed by atoms with E-state index in [1.165, 1.54) is 5.56 Å². The maximum atomic E-state index is 12.9. The van der Waals surface area contributed by atoms with Crippen molar-refractivity contribution >= 4 is 11.9 Å². The maximum Gasteiger partial charge on any atom is 0.317 e. The molecule has 6 heteroatoms. The van der Waals surface area contributed by atoms with Gasteiger partial charge in [-0.3, -0.25) is 14.5 Å². The Hall–Kier alpha value is -2.60. The molecule has 6 nitrogen and oxygen atoms in total.